The van der Waals surface area contributed by atoms with Crippen LogP contribution in [0.1, 0.15) is 27.2 Å². The van der Waals surface area contributed by atoms with Gasteiger partial charge in [0.1, 0.15) is 5.54 Å². The van der Waals surface area contributed by atoms with Gasteiger partial charge in [-0.25, -0.2) is 8.78 Å². The van der Waals surface area contributed by atoms with E-state index in [-0.39, 0.29) is 11.8 Å². The zero-order chi connectivity index (χ0) is 15.8. The number of hydrogen-bond acceptors (Lipinski definition) is 3. The third-order valence-electron chi connectivity index (χ3n) is 4.43. The predicted molar refractivity (Wildman–Crippen MR) is 75.7 cm³/mol. The van der Waals surface area contributed by atoms with Gasteiger partial charge < -0.3 is 15.8 Å². The Balaban J connectivity index is 2.16. The summed E-state index contributed by atoms with van der Waals surface area (Å²) in [5, 5.41) is 2.38. The molecule has 1 aliphatic rings. The van der Waals surface area contributed by atoms with Gasteiger partial charge in [-0.2, -0.15) is 0 Å². The van der Waals surface area contributed by atoms with Gasteiger partial charge in [-0.05, 0) is 19.1 Å². The Labute approximate surface area is 122 Å². The molecule has 2 atom stereocenters. The molecule has 2 rings (SSSR count). The molecule has 0 radical (unpaired) electrons. The van der Waals surface area contributed by atoms with Crippen LogP contribution >= 0.6 is 0 Å². The zero-order valence-corrected chi connectivity index (χ0v) is 12.4. The zero-order valence-electron chi connectivity index (χ0n) is 12.4. The molecular formula is C15H20F2N2O2. The summed E-state index contributed by atoms with van der Waals surface area (Å²) in [6, 6.07) is 3.61. The summed E-state index contributed by atoms with van der Waals surface area (Å²) < 4.78 is 32.3. The van der Waals surface area contributed by atoms with E-state index in [1.165, 1.54) is 12.1 Å². The lowest BCUT2D eigenvalue weighted by atomic mass is 9.54. The molecular weight excluding hydrogens is 278 g/mol. The normalized spacial score (nSPS) is 27.0. The Kier molecular flexibility index (Phi) is 4.04. The second kappa shape index (κ2) is 5.35. The van der Waals surface area contributed by atoms with Gasteiger partial charge in [0.05, 0.1) is 11.8 Å². The SMILES string of the molecule is CCOC1CC(N)(C(=O)Nc2cccc(F)c2F)C1(C)C. The molecule has 6 heteroatoms. The number of carbonyl (C=O) groups is 1. The second-order valence-corrected chi connectivity index (χ2v) is 5.90. The Morgan fingerprint density at radius 1 is 1.48 bits per heavy atom. The number of carbonyl (C=O) groups excluding carboxylic acids is 1. The van der Waals surface area contributed by atoms with Gasteiger partial charge in [0.2, 0.25) is 5.91 Å². The van der Waals surface area contributed by atoms with Crippen LogP contribution < -0.4 is 11.1 Å². The molecule has 0 aliphatic heterocycles. The first-order valence-corrected chi connectivity index (χ1v) is 6.90. The van der Waals surface area contributed by atoms with Crippen LogP contribution in [-0.2, 0) is 9.53 Å². The van der Waals surface area contributed by atoms with Crippen LogP contribution in [0.15, 0.2) is 18.2 Å². The molecule has 0 bridgehead atoms. The van der Waals surface area contributed by atoms with E-state index in [1.807, 2.05) is 20.8 Å². The number of nitrogens with two attached hydrogens (primary N) is 1. The Morgan fingerprint density at radius 3 is 2.71 bits per heavy atom. The van der Waals surface area contributed by atoms with Crippen molar-refractivity contribution in [3.63, 3.8) is 0 Å². The second-order valence-electron chi connectivity index (χ2n) is 5.90. The summed E-state index contributed by atoms with van der Waals surface area (Å²) in [5.41, 5.74) is 4.20. The van der Waals surface area contributed by atoms with Crippen molar-refractivity contribution >= 4 is 11.6 Å². The van der Waals surface area contributed by atoms with E-state index in [4.69, 9.17) is 10.5 Å². The van der Waals surface area contributed by atoms with E-state index in [2.05, 4.69) is 5.32 Å². The number of hydrogen-bond donors (Lipinski definition) is 2. The van der Waals surface area contributed by atoms with Gasteiger partial charge in [0.25, 0.3) is 0 Å². The van der Waals surface area contributed by atoms with Gasteiger partial charge in [0.15, 0.2) is 11.6 Å². The fraction of sp³-hybridized carbons (Fsp3) is 0.533. The minimum Gasteiger partial charge on any atom is -0.378 e. The highest BCUT2D eigenvalue weighted by atomic mass is 19.2. The number of nitrogens with one attached hydrogen (secondary N) is 1. The number of benzene rings is 1. The monoisotopic (exact) mass is 298 g/mol. The molecule has 1 aromatic carbocycles. The summed E-state index contributed by atoms with van der Waals surface area (Å²) in [6.07, 6.45) is 0.215. The molecule has 1 amide bonds. The van der Waals surface area contributed by atoms with E-state index in [0.717, 1.165) is 6.07 Å². The van der Waals surface area contributed by atoms with Crippen molar-refractivity contribution < 1.29 is 18.3 Å². The van der Waals surface area contributed by atoms with Gasteiger partial charge >= 0.3 is 0 Å². The van der Waals surface area contributed by atoms with Crippen LogP contribution in [0, 0.1) is 17.0 Å². The average Bonchev–Trinajstić information content (AvgIpc) is 2.43. The summed E-state index contributed by atoms with van der Waals surface area (Å²) >= 11 is 0. The molecule has 1 saturated carbocycles. The Bertz CT molecular complexity index is 563. The topological polar surface area (TPSA) is 64.3 Å². The molecule has 1 aromatic rings. The van der Waals surface area contributed by atoms with Crippen molar-refractivity contribution in [1.82, 2.24) is 0 Å². The maximum Gasteiger partial charge on any atom is 0.245 e. The van der Waals surface area contributed by atoms with Crippen molar-refractivity contribution in [1.29, 1.82) is 0 Å². The molecule has 21 heavy (non-hydrogen) atoms. The first-order chi connectivity index (χ1) is 9.74. The predicted octanol–water partition coefficient (Wildman–Crippen LogP) is 2.44. The molecule has 1 aliphatic carbocycles. The summed E-state index contributed by atoms with van der Waals surface area (Å²) in [4.78, 5) is 12.4. The van der Waals surface area contributed by atoms with Crippen LogP contribution in [0.4, 0.5) is 14.5 Å². The first-order valence-electron chi connectivity index (χ1n) is 6.90. The maximum atomic E-state index is 13.6. The van der Waals surface area contributed by atoms with Crippen LogP contribution in [-0.4, -0.2) is 24.2 Å². The van der Waals surface area contributed by atoms with Crippen molar-refractivity contribution in [2.45, 2.75) is 38.8 Å². The minimum atomic E-state index is -1.18. The van der Waals surface area contributed by atoms with Crippen LogP contribution in [0.3, 0.4) is 0 Å². The van der Waals surface area contributed by atoms with Crippen molar-refractivity contribution in [2.24, 2.45) is 11.1 Å². The quantitative estimate of drug-likeness (QED) is 0.897. The molecule has 0 heterocycles. The van der Waals surface area contributed by atoms with E-state index >= 15 is 0 Å². The number of halogens is 2. The van der Waals surface area contributed by atoms with E-state index in [1.54, 1.807) is 0 Å². The number of amides is 1. The largest absolute Gasteiger partial charge is 0.378 e. The Morgan fingerprint density at radius 2 is 2.14 bits per heavy atom. The first kappa shape index (κ1) is 15.9. The van der Waals surface area contributed by atoms with Gasteiger partial charge in [-0.3, -0.25) is 4.79 Å². The van der Waals surface area contributed by atoms with Crippen LogP contribution in [0.2, 0.25) is 0 Å². The van der Waals surface area contributed by atoms with E-state index in [0.29, 0.717) is 13.0 Å². The fourth-order valence-corrected chi connectivity index (χ4v) is 2.65. The third kappa shape index (κ3) is 2.42. The lowest BCUT2D eigenvalue weighted by Gasteiger charge is -2.57. The third-order valence-corrected chi connectivity index (χ3v) is 4.43. The van der Waals surface area contributed by atoms with Crippen molar-refractivity contribution in [3.8, 4) is 0 Å². The van der Waals surface area contributed by atoms with Crippen molar-refractivity contribution in [2.75, 3.05) is 11.9 Å². The van der Waals surface area contributed by atoms with Gasteiger partial charge in [-0.1, -0.05) is 19.9 Å². The van der Waals surface area contributed by atoms with Crippen LogP contribution in [0.5, 0.6) is 0 Å². The summed E-state index contributed by atoms with van der Waals surface area (Å²) in [5.74, 6) is -2.64. The maximum absolute atomic E-state index is 13.6. The van der Waals surface area contributed by atoms with Gasteiger partial charge in [-0.15, -0.1) is 0 Å². The molecule has 0 spiro atoms. The fourth-order valence-electron chi connectivity index (χ4n) is 2.65. The van der Waals surface area contributed by atoms with E-state index in [9.17, 15) is 13.6 Å². The molecule has 0 saturated heterocycles. The number of rotatable bonds is 4. The molecule has 2 unspecified atom stereocenters. The molecule has 0 aromatic heterocycles. The lowest BCUT2D eigenvalue weighted by Crippen LogP contribution is -2.74. The van der Waals surface area contributed by atoms with Crippen molar-refractivity contribution in [3.05, 3.63) is 29.8 Å². The smallest absolute Gasteiger partial charge is 0.245 e. The van der Waals surface area contributed by atoms with Crippen LogP contribution in [0.25, 0.3) is 0 Å². The highest BCUT2D eigenvalue weighted by Crippen LogP contribution is 2.50. The summed E-state index contributed by atoms with van der Waals surface area (Å²) in [7, 11) is 0. The minimum absolute atomic E-state index is 0.129. The average molecular weight is 298 g/mol. The number of ether oxygens (including phenoxy) is 1. The van der Waals surface area contributed by atoms with Gasteiger partial charge in [0, 0.05) is 18.4 Å². The molecule has 116 valence electrons. The number of anilines is 1. The lowest BCUT2D eigenvalue weighted by molar-refractivity contribution is -0.166. The molecule has 1 fully saturated rings. The Hall–Kier alpha value is -1.53. The van der Waals surface area contributed by atoms with E-state index < -0.39 is 28.5 Å². The highest BCUT2D eigenvalue weighted by Gasteiger charge is 2.62. The molecule has 3 N–H and O–H groups in total. The highest BCUT2D eigenvalue weighted by molar-refractivity contribution is 5.99. The molecule has 4 nitrogen and oxygen atoms in total. The standard InChI is InChI=1S/C15H20F2N2O2/c1-4-21-11-8-15(18,14(11,2)3)13(20)19-10-7-5-6-9(16)12(10)17/h5-7,11H,4,8,18H2,1-3H3,(H,19,20). The summed E-state index contributed by atoms with van der Waals surface area (Å²) in [6.45, 7) is 6.07.